The van der Waals surface area contributed by atoms with Crippen LogP contribution in [0.4, 0.5) is 0 Å². The third kappa shape index (κ3) is 3.65. The molecule has 3 rings (SSSR count). The van der Waals surface area contributed by atoms with Crippen molar-refractivity contribution in [2.75, 3.05) is 13.7 Å². The Bertz CT molecular complexity index is 828. The smallest absolute Gasteiger partial charge is 0.337 e. The van der Waals surface area contributed by atoms with Crippen molar-refractivity contribution in [1.29, 1.82) is 0 Å². The number of nitrogens with one attached hydrogen (secondary N) is 1. The first-order chi connectivity index (χ1) is 12.0. The molecule has 5 nitrogen and oxygen atoms in total. The van der Waals surface area contributed by atoms with Crippen molar-refractivity contribution in [2.45, 2.75) is 26.4 Å². The Morgan fingerprint density at radius 2 is 2.00 bits per heavy atom. The van der Waals surface area contributed by atoms with Crippen LogP contribution in [-0.4, -0.2) is 31.6 Å². The van der Waals surface area contributed by atoms with Gasteiger partial charge in [-0.15, -0.1) is 0 Å². The number of hydrogen-bond donors (Lipinski definition) is 1. The Balaban J connectivity index is 1.61. The van der Waals surface area contributed by atoms with Crippen LogP contribution >= 0.6 is 0 Å². The average molecular weight is 339 g/mol. The maximum absolute atomic E-state index is 12.4. The first kappa shape index (κ1) is 17.0. The van der Waals surface area contributed by atoms with Crippen LogP contribution in [0.3, 0.4) is 0 Å². The molecule has 2 aromatic rings. The SMILES string of the molecule is COC(=O)c1ccc2c(c1)C[C@H](CNC(=O)c1ccc(C)cc1C)O2. The molecular formula is C20H21NO4. The number of rotatable bonds is 4. The third-order valence-electron chi connectivity index (χ3n) is 4.34. The summed E-state index contributed by atoms with van der Waals surface area (Å²) >= 11 is 0. The Kier molecular flexibility index (Phi) is 4.74. The Morgan fingerprint density at radius 1 is 1.20 bits per heavy atom. The summed E-state index contributed by atoms with van der Waals surface area (Å²) in [5, 5.41) is 2.93. The van der Waals surface area contributed by atoms with E-state index in [9.17, 15) is 9.59 Å². The second kappa shape index (κ2) is 6.97. The zero-order valence-electron chi connectivity index (χ0n) is 14.6. The normalized spacial score (nSPS) is 15.2. The summed E-state index contributed by atoms with van der Waals surface area (Å²) in [4.78, 5) is 24.0. The maximum Gasteiger partial charge on any atom is 0.337 e. The fourth-order valence-corrected chi connectivity index (χ4v) is 3.05. The van der Waals surface area contributed by atoms with Crippen LogP contribution in [-0.2, 0) is 11.2 Å². The molecule has 1 aliphatic rings. The van der Waals surface area contributed by atoms with Crippen LogP contribution in [0.2, 0.25) is 0 Å². The zero-order valence-corrected chi connectivity index (χ0v) is 14.6. The van der Waals surface area contributed by atoms with Crippen molar-refractivity contribution in [2.24, 2.45) is 0 Å². The quantitative estimate of drug-likeness (QED) is 0.870. The predicted octanol–water partition coefficient (Wildman–Crippen LogP) is 2.82. The lowest BCUT2D eigenvalue weighted by atomic mass is 10.0. The van der Waals surface area contributed by atoms with Crippen LogP contribution < -0.4 is 10.1 Å². The number of carbonyl (C=O) groups excluding carboxylic acids is 2. The second-order valence-corrected chi connectivity index (χ2v) is 6.29. The van der Waals surface area contributed by atoms with Gasteiger partial charge in [0.2, 0.25) is 0 Å². The Labute approximate surface area is 147 Å². The number of amides is 1. The van der Waals surface area contributed by atoms with E-state index in [-0.39, 0.29) is 18.0 Å². The molecule has 1 atom stereocenters. The molecule has 25 heavy (non-hydrogen) atoms. The summed E-state index contributed by atoms with van der Waals surface area (Å²) < 4.78 is 10.6. The molecule has 2 aromatic carbocycles. The van der Waals surface area contributed by atoms with E-state index < -0.39 is 0 Å². The highest BCUT2D eigenvalue weighted by molar-refractivity contribution is 5.95. The standard InChI is InChI=1S/C20H21NO4/c1-12-4-6-17(13(2)8-12)19(22)21-11-16-10-15-9-14(20(23)24-3)5-7-18(15)25-16/h4-9,16H,10-11H2,1-3H3,(H,21,22)/t16-/m1/s1. The van der Waals surface area contributed by atoms with E-state index in [1.54, 1.807) is 18.2 Å². The summed E-state index contributed by atoms with van der Waals surface area (Å²) in [7, 11) is 1.36. The van der Waals surface area contributed by atoms with Gasteiger partial charge < -0.3 is 14.8 Å². The van der Waals surface area contributed by atoms with Gasteiger partial charge in [0.1, 0.15) is 11.9 Å². The zero-order chi connectivity index (χ0) is 18.0. The van der Waals surface area contributed by atoms with E-state index in [2.05, 4.69) is 5.32 Å². The van der Waals surface area contributed by atoms with Gasteiger partial charge in [-0.3, -0.25) is 4.79 Å². The van der Waals surface area contributed by atoms with Gasteiger partial charge in [0.25, 0.3) is 5.91 Å². The van der Waals surface area contributed by atoms with E-state index in [0.717, 1.165) is 22.4 Å². The molecule has 0 fully saturated rings. The molecule has 0 bridgehead atoms. The fourth-order valence-electron chi connectivity index (χ4n) is 3.05. The van der Waals surface area contributed by atoms with Crippen molar-refractivity contribution < 1.29 is 19.1 Å². The first-order valence-electron chi connectivity index (χ1n) is 8.21. The summed E-state index contributed by atoms with van der Waals surface area (Å²) in [6.45, 7) is 4.34. The monoisotopic (exact) mass is 339 g/mol. The van der Waals surface area contributed by atoms with Crippen LogP contribution in [0.5, 0.6) is 5.75 Å². The largest absolute Gasteiger partial charge is 0.488 e. The van der Waals surface area contributed by atoms with Crippen LogP contribution in [0.1, 0.15) is 37.4 Å². The van der Waals surface area contributed by atoms with Gasteiger partial charge in [-0.25, -0.2) is 4.79 Å². The van der Waals surface area contributed by atoms with Crippen molar-refractivity contribution in [3.8, 4) is 5.75 Å². The highest BCUT2D eigenvalue weighted by Gasteiger charge is 2.25. The number of benzene rings is 2. The first-order valence-corrected chi connectivity index (χ1v) is 8.21. The van der Waals surface area contributed by atoms with Crippen molar-refractivity contribution in [3.63, 3.8) is 0 Å². The minimum Gasteiger partial charge on any atom is -0.488 e. The molecule has 1 heterocycles. The fraction of sp³-hybridized carbons (Fsp3) is 0.300. The molecule has 1 amide bonds. The molecule has 0 unspecified atom stereocenters. The predicted molar refractivity (Wildman–Crippen MR) is 94.2 cm³/mol. The van der Waals surface area contributed by atoms with Gasteiger partial charge in [0, 0.05) is 12.0 Å². The number of methoxy groups -OCH3 is 1. The van der Waals surface area contributed by atoms with Crippen molar-refractivity contribution in [1.82, 2.24) is 5.32 Å². The summed E-state index contributed by atoms with van der Waals surface area (Å²) in [6.07, 6.45) is 0.505. The van der Waals surface area contributed by atoms with Gasteiger partial charge in [-0.2, -0.15) is 0 Å². The number of fused-ring (bicyclic) bond motifs is 1. The molecule has 5 heteroatoms. The summed E-state index contributed by atoms with van der Waals surface area (Å²) in [5.41, 5.74) is 4.22. The van der Waals surface area contributed by atoms with Gasteiger partial charge >= 0.3 is 5.97 Å². The summed E-state index contributed by atoms with van der Waals surface area (Å²) in [5.74, 6) is 0.278. The number of esters is 1. The van der Waals surface area contributed by atoms with E-state index in [1.807, 2.05) is 32.0 Å². The van der Waals surface area contributed by atoms with Crippen LogP contribution in [0.25, 0.3) is 0 Å². The Morgan fingerprint density at radius 3 is 2.72 bits per heavy atom. The molecule has 0 spiro atoms. The molecular weight excluding hydrogens is 318 g/mol. The van der Waals surface area contributed by atoms with Gasteiger partial charge in [-0.1, -0.05) is 17.7 Å². The lowest BCUT2D eigenvalue weighted by Gasteiger charge is -2.13. The van der Waals surface area contributed by atoms with E-state index in [4.69, 9.17) is 9.47 Å². The molecule has 130 valence electrons. The molecule has 1 N–H and O–H groups in total. The van der Waals surface area contributed by atoms with Gasteiger partial charge in [0.15, 0.2) is 0 Å². The molecule has 0 saturated carbocycles. The Hall–Kier alpha value is -2.82. The second-order valence-electron chi connectivity index (χ2n) is 6.29. The van der Waals surface area contributed by atoms with Crippen molar-refractivity contribution in [3.05, 3.63) is 64.2 Å². The molecule has 0 radical (unpaired) electrons. The third-order valence-corrected chi connectivity index (χ3v) is 4.34. The number of aryl methyl sites for hydroxylation is 2. The van der Waals surface area contributed by atoms with Gasteiger partial charge in [-0.05, 0) is 49.2 Å². The topological polar surface area (TPSA) is 64.6 Å². The minimum absolute atomic E-state index is 0.104. The number of carbonyl (C=O) groups is 2. The van der Waals surface area contributed by atoms with E-state index >= 15 is 0 Å². The molecule has 0 saturated heterocycles. The van der Waals surface area contributed by atoms with E-state index in [1.165, 1.54) is 7.11 Å². The maximum atomic E-state index is 12.4. The lowest BCUT2D eigenvalue weighted by molar-refractivity contribution is 0.0600. The van der Waals surface area contributed by atoms with Crippen LogP contribution in [0, 0.1) is 13.8 Å². The molecule has 0 aromatic heterocycles. The average Bonchev–Trinajstić information content (AvgIpc) is 3.01. The highest BCUT2D eigenvalue weighted by atomic mass is 16.5. The lowest BCUT2D eigenvalue weighted by Crippen LogP contribution is -2.34. The molecule has 1 aliphatic heterocycles. The van der Waals surface area contributed by atoms with E-state index in [0.29, 0.717) is 24.1 Å². The highest BCUT2D eigenvalue weighted by Crippen LogP contribution is 2.29. The number of ether oxygens (including phenoxy) is 2. The summed E-state index contributed by atoms with van der Waals surface area (Å²) in [6, 6.07) is 11.0. The number of hydrogen-bond acceptors (Lipinski definition) is 4. The van der Waals surface area contributed by atoms with Crippen LogP contribution in [0.15, 0.2) is 36.4 Å². The minimum atomic E-state index is -0.366. The molecule has 0 aliphatic carbocycles. The van der Waals surface area contributed by atoms with Gasteiger partial charge in [0.05, 0.1) is 19.2 Å². The van der Waals surface area contributed by atoms with Crippen molar-refractivity contribution >= 4 is 11.9 Å².